The van der Waals surface area contributed by atoms with Crippen molar-refractivity contribution < 1.29 is 36.3 Å². The lowest BCUT2D eigenvalue weighted by Gasteiger charge is -2.37. The first-order chi connectivity index (χ1) is 11.0. The molecule has 11 heteroatoms. The van der Waals surface area contributed by atoms with Crippen LogP contribution in [0.25, 0.3) is 0 Å². The zero-order chi connectivity index (χ0) is 18.5. The molecule has 1 rings (SSSR count). The molecule has 0 aromatic rings. The first-order valence-corrected chi connectivity index (χ1v) is 9.13. The largest absolute Gasteiger partial charge is 0.480 e. The van der Waals surface area contributed by atoms with E-state index in [-0.39, 0.29) is 31.7 Å². The molecule has 1 aliphatic heterocycles. The number of sulfonamides is 1. The number of aliphatic carboxylic acids is 1. The number of carboxylic acids is 1. The Hall–Kier alpha value is -1.36. The molecule has 1 heterocycles. The molecule has 0 aliphatic carbocycles. The molecule has 140 valence electrons. The quantitative estimate of drug-likeness (QED) is 0.719. The van der Waals surface area contributed by atoms with Gasteiger partial charge in [0, 0.05) is 25.6 Å². The molecule has 0 spiro atoms. The van der Waals surface area contributed by atoms with E-state index in [9.17, 15) is 31.2 Å². The third-order valence-electron chi connectivity index (χ3n) is 3.87. The van der Waals surface area contributed by atoms with Crippen LogP contribution in [0, 0.1) is 0 Å². The Labute approximate surface area is 138 Å². The molecule has 0 radical (unpaired) electrons. The SMILES string of the molecule is CCS(=O)(=O)N1CCC(N(CC(=O)O)C(=O)CCC(F)(F)F)CC1. The number of halogens is 3. The molecule has 1 amide bonds. The fourth-order valence-electron chi connectivity index (χ4n) is 2.57. The van der Waals surface area contributed by atoms with Gasteiger partial charge in [-0.1, -0.05) is 0 Å². The van der Waals surface area contributed by atoms with Gasteiger partial charge in [-0.2, -0.15) is 13.2 Å². The zero-order valence-electron chi connectivity index (χ0n) is 13.3. The Bertz CT molecular complexity index is 556. The van der Waals surface area contributed by atoms with Gasteiger partial charge in [0.05, 0.1) is 12.2 Å². The summed E-state index contributed by atoms with van der Waals surface area (Å²) in [5, 5.41) is 8.89. The number of amides is 1. The van der Waals surface area contributed by atoms with E-state index in [0.29, 0.717) is 0 Å². The molecule has 1 N–H and O–H groups in total. The summed E-state index contributed by atoms with van der Waals surface area (Å²) in [7, 11) is -3.38. The van der Waals surface area contributed by atoms with Gasteiger partial charge in [0.25, 0.3) is 0 Å². The highest BCUT2D eigenvalue weighted by atomic mass is 32.2. The molecular weight excluding hydrogens is 353 g/mol. The summed E-state index contributed by atoms with van der Waals surface area (Å²) in [5.41, 5.74) is 0. The Morgan fingerprint density at radius 3 is 2.21 bits per heavy atom. The van der Waals surface area contributed by atoms with Crippen molar-refractivity contribution in [1.29, 1.82) is 0 Å². The smallest absolute Gasteiger partial charge is 0.389 e. The van der Waals surface area contributed by atoms with Crippen molar-refractivity contribution in [3.8, 4) is 0 Å². The first-order valence-electron chi connectivity index (χ1n) is 7.52. The second-order valence-corrected chi connectivity index (χ2v) is 7.82. The highest BCUT2D eigenvalue weighted by molar-refractivity contribution is 7.89. The normalized spacial score (nSPS) is 17.7. The van der Waals surface area contributed by atoms with Crippen LogP contribution in [-0.2, 0) is 19.6 Å². The van der Waals surface area contributed by atoms with Crippen LogP contribution in [0.3, 0.4) is 0 Å². The third kappa shape index (κ3) is 6.27. The lowest BCUT2D eigenvalue weighted by Crippen LogP contribution is -2.50. The fraction of sp³-hybridized carbons (Fsp3) is 0.846. The van der Waals surface area contributed by atoms with E-state index in [1.165, 1.54) is 11.2 Å². The van der Waals surface area contributed by atoms with E-state index in [1.807, 2.05) is 0 Å². The van der Waals surface area contributed by atoms with E-state index < -0.39 is 53.5 Å². The van der Waals surface area contributed by atoms with Gasteiger partial charge in [0.15, 0.2) is 0 Å². The molecule has 0 bridgehead atoms. The predicted molar refractivity (Wildman–Crippen MR) is 78.7 cm³/mol. The van der Waals surface area contributed by atoms with E-state index in [4.69, 9.17) is 5.11 Å². The molecule has 1 aliphatic rings. The molecule has 0 saturated carbocycles. The monoisotopic (exact) mass is 374 g/mol. The van der Waals surface area contributed by atoms with Crippen molar-refractivity contribution in [2.75, 3.05) is 25.4 Å². The fourth-order valence-corrected chi connectivity index (χ4v) is 3.71. The van der Waals surface area contributed by atoms with E-state index in [1.54, 1.807) is 0 Å². The lowest BCUT2D eigenvalue weighted by atomic mass is 10.0. The van der Waals surface area contributed by atoms with Crippen molar-refractivity contribution in [3.63, 3.8) is 0 Å². The standard InChI is InChI=1S/C13H21F3N2O5S/c1-2-24(22,23)17-7-4-10(5-8-17)18(9-12(20)21)11(19)3-6-13(14,15)16/h10H,2-9H2,1H3,(H,20,21). The molecule has 0 atom stereocenters. The van der Waals surface area contributed by atoms with Crippen LogP contribution >= 0.6 is 0 Å². The van der Waals surface area contributed by atoms with Gasteiger partial charge in [-0.3, -0.25) is 9.59 Å². The molecular formula is C13H21F3N2O5S. The van der Waals surface area contributed by atoms with Crippen molar-refractivity contribution >= 4 is 21.9 Å². The minimum atomic E-state index is -4.50. The van der Waals surface area contributed by atoms with Gasteiger partial charge in [0.2, 0.25) is 15.9 Å². The van der Waals surface area contributed by atoms with Crippen molar-refractivity contribution in [3.05, 3.63) is 0 Å². The highest BCUT2D eigenvalue weighted by Gasteiger charge is 2.34. The van der Waals surface area contributed by atoms with Crippen LogP contribution in [0.4, 0.5) is 13.2 Å². The van der Waals surface area contributed by atoms with Gasteiger partial charge in [-0.15, -0.1) is 0 Å². The third-order valence-corrected chi connectivity index (χ3v) is 5.75. The lowest BCUT2D eigenvalue weighted by molar-refractivity contribution is -0.154. The topological polar surface area (TPSA) is 95.0 Å². The summed E-state index contributed by atoms with van der Waals surface area (Å²) in [4.78, 5) is 23.8. The van der Waals surface area contributed by atoms with Crippen LogP contribution in [0.1, 0.15) is 32.6 Å². The molecule has 1 fully saturated rings. The number of alkyl halides is 3. The Balaban J connectivity index is 2.73. The Kier molecular flexibility index (Phi) is 7.02. The number of hydrogen-bond donors (Lipinski definition) is 1. The van der Waals surface area contributed by atoms with Crippen LogP contribution in [0.15, 0.2) is 0 Å². The first kappa shape index (κ1) is 20.7. The van der Waals surface area contributed by atoms with Crippen LogP contribution in [-0.4, -0.2) is 72.2 Å². The number of piperidine rings is 1. The predicted octanol–water partition coefficient (Wildman–Crippen LogP) is 1.06. The Morgan fingerprint density at radius 1 is 1.25 bits per heavy atom. The summed E-state index contributed by atoms with van der Waals surface area (Å²) in [5.74, 6) is -2.27. The molecule has 0 unspecified atom stereocenters. The number of hydrogen-bond acceptors (Lipinski definition) is 4. The molecule has 7 nitrogen and oxygen atoms in total. The highest BCUT2D eigenvalue weighted by Crippen LogP contribution is 2.24. The van der Waals surface area contributed by atoms with Gasteiger partial charge in [-0.25, -0.2) is 12.7 Å². The van der Waals surface area contributed by atoms with E-state index in [2.05, 4.69) is 0 Å². The molecule has 1 saturated heterocycles. The summed E-state index contributed by atoms with van der Waals surface area (Å²) in [6.45, 7) is 1.04. The average Bonchev–Trinajstić information content (AvgIpc) is 2.49. The maximum atomic E-state index is 12.2. The number of carbonyl (C=O) groups excluding carboxylic acids is 1. The summed E-state index contributed by atoms with van der Waals surface area (Å²) in [6.07, 6.45) is -6.23. The van der Waals surface area contributed by atoms with Crippen molar-refractivity contribution in [2.24, 2.45) is 0 Å². The number of rotatable bonds is 7. The van der Waals surface area contributed by atoms with Gasteiger partial charge < -0.3 is 10.0 Å². The number of nitrogens with zero attached hydrogens (tertiary/aromatic N) is 2. The van der Waals surface area contributed by atoms with Gasteiger partial charge in [0.1, 0.15) is 6.54 Å². The second-order valence-electron chi connectivity index (χ2n) is 5.56. The molecule has 24 heavy (non-hydrogen) atoms. The van der Waals surface area contributed by atoms with Gasteiger partial charge >= 0.3 is 12.1 Å². The van der Waals surface area contributed by atoms with E-state index >= 15 is 0 Å². The maximum absolute atomic E-state index is 12.2. The zero-order valence-corrected chi connectivity index (χ0v) is 14.1. The van der Waals surface area contributed by atoms with Crippen molar-refractivity contribution in [1.82, 2.24) is 9.21 Å². The molecule has 0 aromatic carbocycles. The average molecular weight is 374 g/mol. The minimum Gasteiger partial charge on any atom is -0.480 e. The minimum absolute atomic E-state index is 0.0684. The summed E-state index contributed by atoms with van der Waals surface area (Å²) >= 11 is 0. The second kappa shape index (κ2) is 8.15. The van der Waals surface area contributed by atoms with Crippen LogP contribution < -0.4 is 0 Å². The summed E-state index contributed by atoms with van der Waals surface area (Å²) in [6, 6.07) is -0.579. The Morgan fingerprint density at radius 2 is 1.79 bits per heavy atom. The number of carboxylic acid groups (broad SMARTS) is 1. The molecule has 0 aromatic heterocycles. The van der Waals surface area contributed by atoms with Crippen LogP contribution in [0.2, 0.25) is 0 Å². The summed E-state index contributed by atoms with van der Waals surface area (Å²) < 4.78 is 61.6. The van der Waals surface area contributed by atoms with Gasteiger partial charge in [-0.05, 0) is 19.8 Å². The number of carbonyl (C=O) groups is 2. The van der Waals surface area contributed by atoms with E-state index in [0.717, 1.165) is 4.90 Å². The van der Waals surface area contributed by atoms with Crippen LogP contribution in [0.5, 0.6) is 0 Å². The van der Waals surface area contributed by atoms with Crippen molar-refractivity contribution in [2.45, 2.75) is 44.8 Å². The maximum Gasteiger partial charge on any atom is 0.389 e.